The Bertz CT molecular complexity index is 806. The molecule has 2 rings (SSSR count). The number of benzene rings is 1. The number of rotatable bonds is 8. The van der Waals surface area contributed by atoms with E-state index < -0.39 is 0 Å². The number of pyridine rings is 1. The van der Waals surface area contributed by atoms with E-state index in [-0.39, 0.29) is 23.6 Å². The number of methoxy groups -OCH3 is 2. The molecule has 1 aromatic carbocycles. The summed E-state index contributed by atoms with van der Waals surface area (Å²) in [7, 11) is 3.16. The molecule has 0 radical (unpaired) electrons. The standard InChI is InChI=1S/C20H25N3O4/c1-13(2)23-19(24)15-8-10-21-16(12-15)20(25)22-9-7-14-5-6-17(26-3)18(11-14)27-4/h5-6,8,10-13H,7,9H2,1-4H3,(H,22,25)(H,23,24). The quantitative estimate of drug-likeness (QED) is 0.743. The predicted octanol–water partition coefficient (Wildman–Crippen LogP) is 2.21. The third kappa shape index (κ3) is 5.70. The zero-order chi connectivity index (χ0) is 19.8. The molecule has 2 N–H and O–H groups in total. The first-order valence-electron chi connectivity index (χ1n) is 8.70. The average molecular weight is 371 g/mol. The maximum atomic E-state index is 12.3. The van der Waals surface area contributed by atoms with Gasteiger partial charge in [0, 0.05) is 24.3 Å². The van der Waals surface area contributed by atoms with Crippen LogP contribution in [0.1, 0.15) is 40.3 Å². The van der Waals surface area contributed by atoms with Gasteiger partial charge in [0.25, 0.3) is 11.8 Å². The molecule has 7 nitrogen and oxygen atoms in total. The summed E-state index contributed by atoms with van der Waals surface area (Å²) >= 11 is 0. The summed E-state index contributed by atoms with van der Waals surface area (Å²) in [6.45, 7) is 4.18. The highest BCUT2D eigenvalue weighted by Crippen LogP contribution is 2.27. The smallest absolute Gasteiger partial charge is 0.269 e. The second-order valence-electron chi connectivity index (χ2n) is 6.25. The highest BCUT2D eigenvalue weighted by molar-refractivity contribution is 5.98. The summed E-state index contributed by atoms with van der Waals surface area (Å²) in [4.78, 5) is 28.4. The van der Waals surface area contributed by atoms with Gasteiger partial charge < -0.3 is 20.1 Å². The van der Waals surface area contributed by atoms with Crippen molar-refractivity contribution in [2.24, 2.45) is 0 Å². The fourth-order valence-electron chi connectivity index (χ4n) is 2.49. The van der Waals surface area contributed by atoms with Crippen LogP contribution in [0.4, 0.5) is 0 Å². The molecular formula is C20H25N3O4. The fourth-order valence-corrected chi connectivity index (χ4v) is 2.49. The summed E-state index contributed by atoms with van der Waals surface area (Å²) < 4.78 is 10.5. The van der Waals surface area contributed by atoms with Gasteiger partial charge >= 0.3 is 0 Å². The molecule has 0 aliphatic carbocycles. The molecule has 1 aromatic heterocycles. The van der Waals surface area contributed by atoms with Crippen molar-refractivity contribution < 1.29 is 19.1 Å². The molecule has 0 aliphatic rings. The van der Waals surface area contributed by atoms with E-state index in [1.807, 2.05) is 32.0 Å². The zero-order valence-electron chi connectivity index (χ0n) is 16.0. The van der Waals surface area contributed by atoms with Crippen LogP contribution in [0.25, 0.3) is 0 Å². The molecule has 0 spiro atoms. The summed E-state index contributed by atoms with van der Waals surface area (Å²) in [5.74, 6) is 0.749. The molecule has 1 heterocycles. The molecule has 0 aliphatic heterocycles. The lowest BCUT2D eigenvalue weighted by atomic mass is 10.1. The number of hydrogen-bond acceptors (Lipinski definition) is 5. The minimum absolute atomic E-state index is 0.0180. The van der Waals surface area contributed by atoms with Gasteiger partial charge in [0.15, 0.2) is 11.5 Å². The SMILES string of the molecule is COc1ccc(CCNC(=O)c2cc(C(=O)NC(C)C)ccn2)cc1OC. The van der Waals surface area contributed by atoms with Crippen molar-refractivity contribution in [2.75, 3.05) is 20.8 Å². The van der Waals surface area contributed by atoms with Gasteiger partial charge in [-0.3, -0.25) is 14.6 Å². The Morgan fingerprint density at radius 2 is 1.78 bits per heavy atom. The largest absolute Gasteiger partial charge is 0.493 e. The monoisotopic (exact) mass is 371 g/mol. The van der Waals surface area contributed by atoms with Gasteiger partial charge in [-0.1, -0.05) is 6.07 Å². The molecule has 144 valence electrons. The van der Waals surface area contributed by atoms with Crippen LogP contribution in [0, 0.1) is 0 Å². The number of nitrogens with one attached hydrogen (secondary N) is 2. The summed E-state index contributed by atoms with van der Waals surface area (Å²) in [6.07, 6.45) is 2.08. The van der Waals surface area contributed by atoms with E-state index in [0.717, 1.165) is 5.56 Å². The Morgan fingerprint density at radius 1 is 1.04 bits per heavy atom. The lowest BCUT2D eigenvalue weighted by molar-refractivity contribution is 0.0943. The summed E-state index contributed by atoms with van der Waals surface area (Å²) in [5.41, 5.74) is 1.62. The average Bonchev–Trinajstić information content (AvgIpc) is 2.67. The Kier molecular flexibility index (Phi) is 7.16. The Labute approximate surface area is 159 Å². The van der Waals surface area contributed by atoms with Gasteiger partial charge in [0.2, 0.25) is 0 Å². The predicted molar refractivity (Wildman–Crippen MR) is 102 cm³/mol. The molecular weight excluding hydrogens is 346 g/mol. The number of ether oxygens (including phenoxy) is 2. The van der Waals surface area contributed by atoms with E-state index in [1.165, 1.54) is 12.3 Å². The number of carbonyl (C=O) groups is 2. The first-order chi connectivity index (χ1) is 12.9. The second-order valence-corrected chi connectivity index (χ2v) is 6.25. The normalized spacial score (nSPS) is 10.4. The van der Waals surface area contributed by atoms with E-state index in [0.29, 0.717) is 30.0 Å². The third-order valence-corrected chi connectivity index (χ3v) is 3.82. The third-order valence-electron chi connectivity index (χ3n) is 3.82. The number of aromatic nitrogens is 1. The van der Waals surface area contributed by atoms with Gasteiger partial charge in [-0.25, -0.2) is 0 Å². The van der Waals surface area contributed by atoms with Crippen molar-refractivity contribution in [1.82, 2.24) is 15.6 Å². The molecule has 2 amide bonds. The van der Waals surface area contributed by atoms with Crippen molar-refractivity contribution in [3.05, 3.63) is 53.3 Å². The van der Waals surface area contributed by atoms with Crippen molar-refractivity contribution >= 4 is 11.8 Å². The first-order valence-corrected chi connectivity index (χ1v) is 8.70. The van der Waals surface area contributed by atoms with Crippen LogP contribution in [0.2, 0.25) is 0 Å². The van der Waals surface area contributed by atoms with E-state index >= 15 is 0 Å². The van der Waals surface area contributed by atoms with Crippen LogP contribution in [0.3, 0.4) is 0 Å². The molecule has 7 heteroatoms. The number of nitrogens with zero attached hydrogens (tertiary/aromatic N) is 1. The van der Waals surface area contributed by atoms with Crippen LogP contribution in [-0.4, -0.2) is 43.6 Å². The van der Waals surface area contributed by atoms with Crippen molar-refractivity contribution in [2.45, 2.75) is 26.3 Å². The maximum Gasteiger partial charge on any atom is 0.269 e. The molecule has 0 fully saturated rings. The maximum absolute atomic E-state index is 12.3. The van der Waals surface area contributed by atoms with Gasteiger partial charge in [-0.2, -0.15) is 0 Å². The van der Waals surface area contributed by atoms with Crippen molar-refractivity contribution in [3.8, 4) is 11.5 Å². The topological polar surface area (TPSA) is 89.5 Å². The Balaban J connectivity index is 1.95. The lowest BCUT2D eigenvalue weighted by Crippen LogP contribution is -2.31. The molecule has 27 heavy (non-hydrogen) atoms. The van der Waals surface area contributed by atoms with Crippen molar-refractivity contribution in [3.63, 3.8) is 0 Å². The second kappa shape index (κ2) is 9.56. The van der Waals surface area contributed by atoms with E-state index in [1.54, 1.807) is 20.3 Å². The highest BCUT2D eigenvalue weighted by atomic mass is 16.5. The van der Waals surface area contributed by atoms with Gasteiger partial charge in [0.1, 0.15) is 5.69 Å². The first kappa shape index (κ1) is 20.2. The van der Waals surface area contributed by atoms with Crippen LogP contribution >= 0.6 is 0 Å². The van der Waals surface area contributed by atoms with Crippen LogP contribution in [0.15, 0.2) is 36.5 Å². The van der Waals surface area contributed by atoms with Gasteiger partial charge in [-0.05, 0) is 50.1 Å². The molecule has 0 atom stereocenters. The van der Waals surface area contributed by atoms with E-state index in [9.17, 15) is 9.59 Å². The van der Waals surface area contributed by atoms with Crippen LogP contribution in [-0.2, 0) is 6.42 Å². The van der Waals surface area contributed by atoms with E-state index in [4.69, 9.17) is 9.47 Å². The molecule has 2 aromatic rings. The highest BCUT2D eigenvalue weighted by Gasteiger charge is 2.12. The number of hydrogen-bond donors (Lipinski definition) is 2. The van der Waals surface area contributed by atoms with Crippen LogP contribution < -0.4 is 20.1 Å². The van der Waals surface area contributed by atoms with Crippen LogP contribution in [0.5, 0.6) is 11.5 Å². The van der Waals surface area contributed by atoms with Gasteiger partial charge in [-0.15, -0.1) is 0 Å². The summed E-state index contributed by atoms with van der Waals surface area (Å²) in [5, 5.41) is 5.60. The Morgan fingerprint density at radius 3 is 2.44 bits per heavy atom. The number of amides is 2. The molecule has 0 bridgehead atoms. The van der Waals surface area contributed by atoms with Gasteiger partial charge in [0.05, 0.1) is 14.2 Å². The Hall–Kier alpha value is -3.09. The lowest BCUT2D eigenvalue weighted by Gasteiger charge is -2.11. The van der Waals surface area contributed by atoms with Crippen molar-refractivity contribution in [1.29, 1.82) is 0 Å². The van der Waals surface area contributed by atoms with E-state index in [2.05, 4.69) is 15.6 Å². The molecule has 0 unspecified atom stereocenters. The minimum atomic E-state index is -0.324. The minimum Gasteiger partial charge on any atom is -0.493 e. The molecule has 0 saturated heterocycles. The number of carbonyl (C=O) groups excluding carboxylic acids is 2. The molecule has 0 saturated carbocycles. The fraction of sp³-hybridized carbons (Fsp3) is 0.350. The zero-order valence-corrected chi connectivity index (χ0v) is 16.0. The summed E-state index contributed by atoms with van der Waals surface area (Å²) in [6, 6.07) is 8.71.